The number of nitro groups is 1. The van der Waals surface area contributed by atoms with Crippen molar-refractivity contribution in [1.82, 2.24) is 4.90 Å². The van der Waals surface area contributed by atoms with Gasteiger partial charge in [0.05, 0.1) is 11.0 Å². The standard InChI is InChI=1S/C18H21N3O5/c1-13-7-6-8-14(16(13)21(24)25)17(23)26-11-15(22)20(2)18(12-19)9-4-3-5-10-18/h6-8H,3-5,9-11H2,1-2H3. The molecule has 0 heterocycles. The molecule has 0 radical (unpaired) electrons. The molecule has 26 heavy (non-hydrogen) atoms. The molecule has 0 unspecified atom stereocenters. The van der Waals surface area contributed by atoms with Gasteiger partial charge in [-0.25, -0.2) is 4.79 Å². The van der Waals surface area contributed by atoms with Crippen LogP contribution in [0, 0.1) is 28.4 Å². The first-order valence-corrected chi connectivity index (χ1v) is 8.41. The van der Waals surface area contributed by atoms with Crippen LogP contribution in [0.5, 0.6) is 0 Å². The van der Waals surface area contributed by atoms with Gasteiger partial charge in [0, 0.05) is 12.6 Å². The van der Waals surface area contributed by atoms with E-state index in [0.717, 1.165) is 19.3 Å². The molecule has 2 rings (SSSR count). The van der Waals surface area contributed by atoms with Crippen molar-refractivity contribution in [3.63, 3.8) is 0 Å². The summed E-state index contributed by atoms with van der Waals surface area (Å²) in [6.07, 6.45) is 3.92. The number of para-hydroxylation sites is 1. The van der Waals surface area contributed by atoms with Gasteiger partial charge >= 0.3 is 5.97 Å². The molecule has 1 fully saturated rings. The van der Waals surface area contributed by atoms with Crippen LogP contribution in [0.15, 0.2) is 18.2 Å². The summed E-state index contributed by atoms with van der Waals surface area (Å²) < 4.78 is 4.99. The maximum atomic E-state index is 12.4. The van der Waals surface area contributed by atoms with Crippen LogP contribution < -0.4 is 0 Å². The lowest BCUT2D eigenvalue weighted by atomic mass is 9.81. The lowest BCUT2D eigenvalue weighted by Crippen LogP contribution is -2.51. The van der Waals surface area contributed by atoms with E-state index in [4.69, 9.17) is 4.74 Å². The largest absolute Gasteiger partial charge is 0.452 e. The van der Waals surface area contributed by atoms with Crippen molar-refractivity contribution in [1.29, 1.82) is 5.26 Å². The van der Waals surface area contributed by atoms with Crippen molar-refractivity contribution < 1.29 is 19.2 Å². The Bertz CT molecular complexity index is 763. The van der Waals surface area contributed by atoms with E-state index in [1.54, 1.807) is 0 Å². The van der Waals surface area contributed by atoms with E-state index in [-0.39, 0.29) is 11.3 Å². The molecule has 1 saturated carbocycles. The van der Waals surface area contributed by atoms with Gasteiger partial charge in [-0.2, -0.15) is 5.26 Å². The van der Waals surface area contributed by atoms with E-state index in [2.05, 4.69) is 6.07 Å². The maximum Gasteiger partial charge on any atom is 0.345 e. The monoisotopic (exact) mass is 359 g/mol. The van der Waals surface area contributed by atoms with E-state index in [1.807, 2.05) is 0 Å². The summed E-state index contributed by atoms with van der Waals surface area (Å²) in [5.41, 5.74) is -1.08. The minimum Gasteiger partial charge on any atom is -0.452 e. The maximum absolute atomic E-state index is 12.4. The van der Waals surface area contributed by atoms with Gasteiger partial charge < -0.3 is 9.64 Å². The summed E-state index contributed by atoms with van der Waals surface area (Å²) in [6, 6.07) is 6.55. The molecule has 0 aromatic heterocycles. The third-order valence-corrected chi connectivity index (χ3v) is 4.87. The predicted molar refractivity (Wildman–Crippen MR) is 92.3 cm³/mol. The number of rotatable bonds is 5. The smallest absolute Gasteiger partial charge is 0.345 e. The van der Waals surface area contributed by atoms with Gasteiger partial charge in [-0.05, 0) is 25.8 Å². The summed E-state index contributed by atoms with van der Waals surface area (Å²) in [5, 5.41) is 20.7. The molecule has 0 saturated heterocycles. The summed E-state index contributed by atoms with van der Waals surface area (Å²) in [7, 11) is 1.53. The lowest BCUT2D eigenvalue weighted by Gasteiger charge is -2.38. The number of hydrogen-bond acceptors (Lipinski definition) is 6. The minimum absolute atomic E-state index is 0.196. The Balaban J connectivity index is 2.08. The van der Waals surface area contributed by atoms with Gasteiger partial charge in [0.25, 0.3) is 11.6 Å². The molecule has 0 spiro atoms. The molecule has 0 atom stereocenters. The van der Waals surface area contributed by atoms with Crippen molar-refractivity contribution in [3.8, 4) is 6.07 Å². The predicted octanol–water partition coefficient (Wildman–Crippen LogP) is 2.74. The Kier molecular flexibility index (Phi) is 5.93. The molecule has 0 N–H and O–H groups in total. The Morgan fingerprint density at radius 1 is 1.35 bits per heavy atom. The molecule has 1 aliphatic rings. The first kappa shape index (κ1) is 19.4. The van der Waals surface area contributed by atoms with E-state index >= 15 is 0 Å². The highest BCUT2D eigenvalue weighted by Gasteiger charge is 2.39. The van der Waals surface area contributed by atoms with Crippen molar-refractivity contribution >= 4 is 17.6 Å². The number of ether oxygens (including phenoxy) is 1. The number of nitriles is 1. The molecular weight excluding hydrogens is 338 g/mol. The fourth-order valence-electron chi connectivity index (χ4n) is 3.27. The topological polar surface area (TPSA) is 114 Å². The highest BCUT2D eigenvalue weighted by Crippen LogP contribution is 2.32. The number of likely N-dealkylation sites (N-methyl/N-ethyl adjacent to an activating group) is 1. The molecular formula is C18H21N3O5. The van der Waals surface area contributed by atoms with Crippen molar-refractivity contribution in [2.24, 2.45) is 0 Å². The summed E-state index contributed by atoms with van der Waals surface area (Å²) in [6.45, 7) is 0.956. The SMILES string of the molecule is Cc1cccc(C(=O)OCC(=O)N(C)C2(C#N)CCCCC2)c1[N+](=O)[O-]. The quantitative estimate of drug-likeness (QED) is 0.454. The fourth-order valence-corrected chi connectivity index (χ4v) is 3.27. The molecule has 0 aliphatic heterocycles. The third kappa shape index (κ3) is 3.82. The molecule has 1 amide bonds. The fraction of sp³-hybridized carbons (Fsp3) is 0.500. The van der Waals surface area contributed by atoms with Crippen LogP contribution in [0.4, 0.5) is 5.69 Å². The number of carbonyl (C=O) groups is 2. The van der Waals surface area contributed by atoms with E-state index < -0.39 is 28.9 Å². The Labute approximate surface area is 151 Å². The third-order valence-electron chi connectivity index (χ3n) is 4.87. The van der Waals surface area contributed by atoms with Gasteiger partial charge in [-0.1, -0.05) is 31.4 Å². The average Bonchev–Trinajstić information content (AvgIpc) is 2.65. The van der Waals surface area contributed by atoms with Gasteiger partial charge in [0.2, 0.25) is 0 Å². The number of nitro benzene ring substituents is 1. The van der Waals surface area contributed by atoms with Crippen LogP contribution >= 0.6 is 0 Å². The number of carbonyl (C=O) groups excluding carboxylic acids is 2. The average molecular weight is 359 g/mol. The number of hydrogen-bond donors (Lipinski definition) is 0. The van der Waals surface area contributed by atoms with Crippen molar-refractivity contribution in [2.45, 2.75) is 44.6 Å². The number of amides is 1. The Hall–Kier alpha value is -2.95. The van der Waals surface area contributed by atoms with Gasteiger partial charge in [-0.3, -0.25) is 14.9 Å². The molecule has 1 aliphatic carbocycles. The van der Waals surface area contributed by atoms with Gasteiger partial charge in [0.15, 0.2) is 6.61 Å². The summed E-state index contributed by atoms with van der Waals surface area (Å²) in [4.78, 5) is 36.5. The molecule has 0 bridgehead atoms. The van der Waals surface area contributed by atoms with Gasteiger partial charge in [0.1, 0.15) is 11.1 Å². The number of benzene rings is 1. The molecule has 138 valence electrons. The zero-order chi connectivity index (χ0) is 19.3. The highest BCUT2D eigenvalue weighted by molar-refractivity contribution is 5.95. The van der Waals surface area contributed by atoms with Crippen molar-refractivity contribution in [3.05, 3.63) is 39.4 Å². The molecule has 8 heteroatoms. The normalized spacial score (nSPS) is 15.6. The van der Waals surface area contributed by atoms with Crippen LogP contribution in [0.3, 0.4) is 0 Å². The first-order valence-electron chi connectivity index (χ1n) is 8.41. The zero-order valence-corrected chi connectivity index (χ0v) is 14.9. The second-order valence-corrected chi connectivity index (χ2v) is 6.46. The Morgan fingerprint density at radius 3 is 2.58 bits per heavy atom. The van der Waals surface area contributed by atoms with Crippen LogP contribution in [-0.4, -0.2) is 40.9 Å². The second-order valence-electron chi connectivity index (χ2n) is 6.46. The molecule has 1 aromatic rings. The number of nitrogens with zero attached hydrogens (tertiary/aromatic N) is 3. The zero-order valence-electron chi connectivity index (χ0n) is 14.9. The lowest BCUT2D eigenvalue weighted by molar-refractivity contribution is -0.385. The minimum atomic E-state index is -0.934. The Morgan fingerprint density at radius 2 is 2.00 bits per heavy atom. The molecule has 8 nitrogen and oxygen atoms in total. The van der Waals surface area contributed by atoms with Crippen molar-refractivity contribution in [2.75, 3.05) is 13.7 Å². The number of esters is 1. The van der Waals surface area contributed by atoms with Crippen LogP contribution in [0.25, 0.3) is 0 Å². The first-order chi connectivity index (χ1) is 12.3. The second kappa shape index (κ2) is 7.95. The molecule has 1 aromatic carbocycles. The highest BCUT2D eigenvalue weighted by atomic mass is 16.6. The van der Waals surface area contributed by atoms with Crippen LogP contribution in [0.2, 0.25) is 0 Å². The number of aryl methyl sites for hydroxylation is 1. The van der Waals surface area contributed by atoms with Gasteiger partial charge in [-0.15, -0.1) is 0 Å². The summed E-state index contributed by atoms with van der Waals surface area (Å²) >= 11 is 0. The van der Waals surface area contributed by atoms with E-state index in [9.17, 15) is 25.0 Å². The van der Waals surface area contributed by atoms with E-state index in [0.29, 0.717) is 18.4 Å². The van der Waals surface area contributed by atoms with Crippen LogP contribution in [-0.2, 0) is 9.53 Å². The van der Waals surface area contributed by atoms with Crippen LogP contribution in [0.1, 0.15) is 48.0 Å². The van der Waals surface area contributed by atoms with E-state index in [1.165, 1.54) is 37.1 Å². The summed E-state index contributed by atoms with van der Waals surface area (Å²) in [5.74, 6) is -1.44.